The summed E-state index contributed by atoms with van der Waals surface area (Å²) in [5.74, 6) is -6.12. The summed E-state index contributed by atoms with van der Waals surface area (Å²) in [6, 6.07) is 1.15. The number of ether oxygens (including phenoxy) is 2. The first-order chi connectivity index (χ1) is 10.4. The molecule has 0 atom stereocenters. The molecule has 1 aromatic carbocycles. The largest absolute Gasteiger partial charge is 0.465 e. The van der Waals surface area contributed by atoms with E-state index in [1.807, 2.05) is 0 Å². The minimum atomic E-state index is -1.66. The molecule has 5 nitrogen and oxygen atoms in total. The van der Waals surface area contributed by atoms with E-state index in [2.05, 4.69) is 0 Å². The van der Waals surface area contributed by atoms with Crippen molar-refractivity contribution in [1.82, 2.24) is 4.90 Å². The fourth-order valence-corrected chi connectivity index (χ4v) is 1.68. The number of nitrogens with zero attached hydrogens (tertiary/aromatic N) is 1. The molecule has 1 rings (SSSR count). The second-order valence-corrected chi connectivity index (χ2v) is 4.28. The maximum absolute atomic E-state index is 13.2. The molecular weight excluding hydrogens is 303 g/mol. The van der Waals surface area contributed by atoms with Gasteiger partial charge in [-0.25, -0.2) is 13.2 Å². The molecule has 22 heavy (non-hydrogen) atoms. The summed E-state index contributed by atoms with van der Waals surface area (Å²) in [5.41, 5.74) is -0.406. The molecule has 0 heterocycles. The Morgan fingerprint density at radius 1 is 1.18 bits per heavy atom. The molecule has 0 fully saturated rings. The van der Waals surface area contributed by atoms with Crippen molar-refractivity contribution in [1.29, 1.82) is 0 Å². The van der Waals surface area contributed by atoms with Gasteiger partial charge in [0.1, 0.15) is 6.54 Å². The van der Waals surface area contributed by atoms with Crippen molar-refractivity contribution in [3.63, 3.8) is 0 Å². The number of halogens is 3. The van der Waals surface area contributed by atoms with Crippen LogP contribution in [0.3, 0.4) is 0 Å². The highest BCUT2D eigenvalue weighted by Gasteiger charge is 2.22. The van der Waals surface area contributed by atoms with Crippen LogP contribution in [-0.4, -0.2) is 50.2 Å². The van der Waals surface area contributed by atoms with Gasteiger partial charge in [0.2, 0.25) is 0 Å². The van der Waals surface area contributed by atoms with Gasteiger partial charge < -0.3 is 14.4 Å². The first-order valence-electron chi connectivity index (χ1n) is 6.49. The highest BCUT2D eigenvalue weighted by Crippen LogP contribution is 2.15. The number of benzene rings is 1. The zero-order valence-electron chi connectivity index (χ0n) is 12.2. The monoisotopic (exact) mass is 319 g/mol. The van der Waals surface area contributed by atoms with Crippen molar-refractivity contribution < 1.29 is 32.2 Å². The number of hydrogen-bond donors (Lipinski definition) is 0. The normalized spacial score (nSPS) is 10.4. The highest BCUT2D eigenvalue weighted by atomic mass is 19.2. The summed E-state index contributed by atoms with van der Waals surface area (Å²) < 4.78 is 48.8. The van der Waals surface area contributed by atoms with Gasteiger partial charge in [0, 0.05) is 19.2 Å². The number of methoxy groups -OCH3 is 1. The predicted octanol–water partition coefficient (Wildman–Crippen LogP) is 1.76. The van der Waals surface area contributed by atoms with Gasteiger partial charge >= 0.3 is 5.97 Å². The van der Waals surface area contributed by atoms with Crippen molar-refractivity contribution in [3.05, 3.63) is 35.1 Å². The molecule has 0 aromatic heterocycles. The van der Waals surface area contributed by atoms with Gasteiger partial charge in [0.15, 0.2) is 17.5 Å². The Kier molecular flexibility index (Phi) is 6.84. The minimum Gasteiger partial charge on any atom is -0.465 e. The lowest BCUT2D eigenvalue weighted by Crippen LogP contribution is -2.38. The van der Waals surface area contributed by atoms with E-state index in [1.54, 1.807) is 6.92 Å². The SMILES string of the molecule is CCOC(=O)CN(CCOC)C(=O)c1cc(F)c(F)c(F)c1. The predicted molar refractivity (Wildman–Crippen MR) is 70.7 cm³/mol. The second kappa shape index (κ2) is 8.38. The summed E-state index contributed by atoms with van der Waals surface area (Å²) in [6.07, 6.45) is 0. The standard InChI is InChI=1S/C14H16F3NO4/c1-3-22-12(19)8-18(4-5-21-2)14(20)9-6-10(15)13(17)11(16)7-9/h6-7H,3-5,8H2,1-2H3. The Balaban J connectivity index is 2.97. The fraction of sp³-hybridized carbons (Fsp3) is 0.429. The van der Waals surface area contributed by atoms with Crippen molar-refractivity contribution in [3.8, 4) is 0 Å². The molecule has 0 N–H and O–H groups in total. The van der Waals surface area contributed by atoms with Crippen LogP contribution in [0.15, 0.2) is 12.1 Å². The molecule has 0 aliphatic rings. The van der Waals surface area contributed by atoms with Crippen LogP contribution in [0, 0.1) is 17.5 Å². The zero-order chi connectivity index (χ0) is 16.7. The van der Waals surface area contributed by atoms with Gasteiger partial charge in [-0.2, -0.15) is 0 Å². The molecule has 1 amide bonds. The first kappa shape index (κ1) is 18.0. The Bertz CT molecular complexity index is 528. The van der Waals surface area contributed by atoms with Gasteiger partial charge in [-0.3, -0.25) is 9.59 Å². The summed E-state index contributed by atoms with van der Waals surface area (Å²) in [5, 5.41) is 0. The maximum atomic E-state index is 13.2. The van der Waals surface area contributed by atoms with Gasteiger partial charge in [0.25, 0.3) is 5.91 Å². The van der Waals surface area contributed by atoms with Crippen molar-refractivity contribution in [2.75, 3.05) is 33.4 Å². The van der Waals surface area contributed by atoms with Crippen LogP contribution < -0.4 is 0 Å². The summed E-state index contributed by atoms with van der Waals surface area (Å²) in [6.45, 7) is 1.44. The van der Waals surface area contributed by atoms with Crippen molar-refractivity contribution in [2.24, 2.45) is 0 Å². The van der Waals surface area contributed by atoms with Crippen LogP contribution >= 0.6 is 0 Å². The zero-order valence-corrected chi connectivity index (χ0v) is 12.2. The molecule has 0 unspecified atom stereocenters. The molecular formula is C14H16F3NO4. The van der Waals surface area contributed by atoms with Crippen LogP contribution in [-0.2, 0) is 14.3 Å². The number of carbonyl (C=O) groups is 2. The van der Waals surface area contributed by atoms with Crippen LogP contribution in [0.5, 0.6) is 0 Å². The van der Waals surface area contributed by atoms with Gasteiger partial charge in [-0.05, 0) is 19.1 Å². The van der Waals surface area contributed by atoms with E-state index in [1.165, 1.54) is 7.11 Å². The number of carbonyl (C=O) groups excluding carboxylic acids is 2. The van der Waals surface area contributed by atoms with Crippen molar-refractivity contribution in [2.45, 2.75) is 6.92 Å². The molecule has 0 aliphatic heterocycles. The quantitative estimate of drug-likeness (QED) is 0.568. The molecule has 1 aromatic rings. The molecule has 0 spiro atoms. The fourth-order valence-electron chi connectivity index (χ4n) is 1.68. The van der Waals surface area contributed by atoms with E-state index in [0.717, 1.165) is 4.90 Å². The molecule has 122 valence electrons. The van der Waals surface area contributed by atoms with Crippen LogP contribution in [0.2, 0.25) is 0 Å². The number of amides is 1. The Morgan fingerprint density at radius 3 is 2.27 bits per heavy atom. The van der Waals surface area contributed by atoms with Crippen LogP contribution in [0.4, 0.5) is 13.2 Å². The van der Waals surface area contributed by atoms with Crippen molar-refractivity contribution >= 4 is 11.9 Å². The number of rotatable bonds is 7. The smallest absolute Gasteiger partial charge is 0.325 e. The topological polar surface area (TPSA) is 55.8 Å². The summed E-state index contributed by atoms with van der Waals surface area (Å²) >= 11 is 0. The lowest BCUT2D eigenvalue weighted by Gasteiger charge is -2.21. The Labute approximate surface area is 125 Å². The molecule has 0 bridgehead atoms. The summed E-state index contributed by atoms with van der Waals surface area (Å²) in [7, 11) is 1.39. The third-order valence-corrected chi connectivity index (χ3v) is 2.71. The second-order valence-electron chi connectivity index (χ2n) is 4.28. The first-order valence-corrected chi connectivity index (χ1v) is 6.49. The van der Waals surface area contributed by atoms with Crippen LogP contribution in [0.25, 0.3) is 0 Å². The minimum absolute atomic E-state index is 0.00869. The third kappa shape index (κ3) is 4.73. The Hall–Kier alpha value is -2.09. The van der Waals surface area contributed by atoms with E-state index in [9.17, 15) is 22.8 Å². The molecule has 0 radical (unpaired) electrons. The summed E-state index contributed by atoms with van der Waals surface area (Å²) in [4.78, 5) is 24.7. The van der Waals surface area contributed by atoms with Gasteiger partial charge in [0.05, 0.1) is 13.2 Å². The maximum Gasteiger partial charge on any atom is 0.325 e. The average Bonchev–Trinajstić information content (AvgIpc) is 2.48. The lowest BCUT2D eigenvalue weighted by molar-refractivity contribution is -0.143. The molecule has 8 heteroatoms. The highest BCUT2D eigenvalue weighted by molar-refractivity contribution is 5.96. The number of hydrogen-bond acceptors (Lipinski definition) is 4. The van der Waals surface area contributed by atoms with Gasteiger partial charge in [-0.15, -0.1) is 0 Å². The van der Waals surface area contributed by atoms with Crippen LogP contribution in [0.1, 0.15) is 17.3 Å². The van der Waals surface area contributed by atoms with E-state index in [-0.39, 0.29) is 19.8 Å². The average molecular weight is 319 g/mol. The van der Waals surface area contributed by atoms with E-state index < -0.39 is 41.4 Å². The molecule has 0 saturated carbocycles. The van der Waals surface area contributed by atoms with E-state index in [0.29, 0.717) is 12.1 Å². The lowest BCUT2D eigenvalue weighted by atomic mass is 10.1. The van der Waals surface area contributed by atoms with Gasteiger partial charge in [-0.1, -0.05) is 0 Å². The van der Waals surface area contributed by atoms with E-state index >= 15 is 0 Å². The third-order valence-electron chi connectivity index (χ3n) is 2.71. The van der Waals surface area contributed by atoms with E-state index in [4.69, 9.17) is 9.47 Å². The Morgan fingerprint density at radius 2 is 1.77 bits per heavy atom. The molecule has 0 saturated heterocycles. The molecule has 0 aliphatic carbocycles. The number of esters is 1.